The van der Waals surface area contributed by atoms with Gasteiger partial charge in [-0.1, -0.05) is 25.5 Å². The molecule has 0 aromatic rings. The third kappa shape index (κ3) is 3.68. The number of ether oxygens (including phenoxy) is 2. The first-order valence-corrected chi connectivity index (χ1v) is 8.49. The quantitative estimate of drug-likeness (QED) is 0.635. The summed E-state index contributed by atoms with van der Waals surface area (Å²) in [5.41, 5.74) is 2.18. The number of cyclic esters (lactones) is 1. The van der Waals surface area contributed by atoms with Gasteiger partial charge in [0.15, 0.2) is 23.8 Å². The lowest BCUT2D eigenvalue weighted by Gasteiger charge is -2.37. The van der Waals surface area contributed by atoms with Crippen LogP contribution in [0.15, 0.2) is 34.3 Å². The molecule has 3 atom stereocenters. The summed E-state index contributed by atoms with van der Waals surface area (Å²) in [7, 11) is 0. The standard InChI is InChI=1S/C19H26O7/c1-9(2)6-11-10(3)14(22)13(7-19(11,4)5)25-17-15(23)18(24)26-16(17)12(21)8-20/h6,12-13,16,20-21,23H,7-8H2,1-5H3/t12-,13?,16+/m0/s1. The van der Waals surface area contributed by atoms with Crippen molar-refractivity contribution in [1.29, 1.82) is 0 Å². The number of hydrogen-bond donors (Lipinski definition) is 3. The van der Waals surface area contributed by atoms with Crippen LogP contribution in [0.25, 0.3) is 0 Å². The summed E-state index contributed by atoms with van der Waals surface area (Å²) in [6, 6.07) is 0. The fourth-order valence-electron chi connectivity index (χ4n) is 3.32. The van der Waals surface area contributed by atoms with E-state index in [-0.39, 0.29) is 17.0 Å². The zero-order valence-electron chi connectivity index (χ0n) is 15.7. The van der Waals surface area contributed by atoms with Crippen LogP contribution in [0.1, 0.15) is 41.0 Å². The van der Waals surface area contributed by atoms with Gasteiger partial charge in [0, 0.05) is 6.42 Å². The van der Waals surface area contributed by atoms with Crippen LogP contribution in [0.5, 0.6) is 0 Å². The van der Waals surface area contributed by atoms with Crippen molar-refractivity contribution in [3.8, 4) is 0 Å². The first-order valence-electron chi connectivity index (χ1n) is 8.49. The SMILES string of the molecule is CC(C)=CC1=C(C)C(=O)C(OC2=C(O)C(=O)O[C@@H]2[C@@H](O)CO)CC1(C)C. The number of carbonyl (C=O) groups excluding carboxylic acids is 2. The summed E-state index contributed by atoms with van der Waals surface area (Å²) < 4.78 is 10.5. The molecule has 0 radical (unpaired) electrons. The van der Waals surface area contributed by atoms with Crippen molar-refractivity contribution in [3.05, 3.63) is 34.3 Å². The molecule has 3 N–H and O–H groups in total. The van der Waals surface area contributed by atoms with Crippen LogP contribution in [0.4, 0.5) is 0 Å². The summed E-state index contributed by atoms with van der Waals surface area (Å²) in [4.78, 5) is 24.4. The lowest BCUT2D eigenvalue weighted by atomic mass is 9.70. The lowest BCUT2D eigenvalue weighted by Crippen LogP contribution is -2.40. The van der Waals surface area contributed by atoms with Crippen molar-refractivity contribution in [1.82, 2.24) is 0 Å². The minimum Gasteiger partial charge on any atom is -0.499 e. The highest BCUT2D eigenvalue weighted by molar-refractivity contribution is 6.01. The first-order chi connectivity index (χ1) is 12.0. The van der Waals surface area contributed by atoms with Crippen molar-refractivity contribution < 1.29 is 34.4 Å². The Bertz CT molecular complexity index is 707. The molecule has 26 heavy (non-hydrogen) atoms. The summed E-state index contributed by atoms with van der Waals surface area (Å²) >= 11 is 0. The van der Waals surface area contributed by atoms with Gasteiger partial charge in [-0.2, -0.15) is 0 Å². The Kier molecular flexibility index (Phi) is 5.63. The van der Waals surface area contributed by atoms with Gasteiger partial charge in [-0.25, -0.2) is 4.79 Å². The third-order valence-corrected chi connectivity index (χ3v) is 4.65. The molecular formula is C19H26O7. The van der Waals surface area contributed by atoms with Gasteiger partial charge in [0.1, 0.15) is 6.10 Å². The molecule has 1 heterocycles. The van der Waals surface area contributed by atoms with E-state index in [0.717, 1.165) is 11.1 Å². The molecule has 0 bridgehead atoms. The molecule has 144 valence electrons. The fourth-order valence-corrected chi connectivity index (χ4v) is 3.32. The number of ketones is 1. The minimum atomic E-state index is -1.46. The van der Waals surface area contributed by atoms with Gasteiger partial charge in [-0.3, -0.25) is 4.79 Å². The van der Waals surface area contributed by atoms with Crippen LogP contribution >= 0.6 is 0 Å². The normalized spacial score (nSPS) is 26.7. The van der Waals surface area contributed by atoms with Gasteiger partial charge < -0.3 is 24.8 Å². The predicted octanol–water partition coefficient (Wildman–Crippen LogP) is 1.70. The van der Waals surface area contributed by atoms with Crippen LogP contribution in [0.2, 0.25) is 0 Å². The number of aliphatic hydroxyl groups is 3. The molecule has 0 fully saturated rings. The van der Waals surface area contributed by atoms with E-state index in [0.29, 0.717) is 12.0 Å². The van der Waals surface area contributed by atoms with Gasteiger partial charge >= 0.3 is 5.97 Å². The monoisotopic (exact) mass is 366 g/mol. The maximum Gasteiger partial charge on any atom is 0.378 e. The third-order valence-electron chi connectivity index (χ3n) is 4.65. The number of esters is 1. The highest BCUT2D eigenvalue weighted by Crippen LogP contribution is 2.42. The van der Waals surface area contributed by atoms with E-state index < -0.39 is 36.6 Å². The summed E-state index contributed by atoms with van der Waals surface area (Å²) in [5, 5.41) is 28.8. The molecular weight excluding hydrogens is 340 g/mol. The number of Topliss-reactive ketones (excluding diaryl/α,β-unsaturated/α-hetero) is 1. The molecule has 1 aliphatic carbocycles. The Balaban J connectivity index is 2.36. The van der Waals surface area contributed by atoms with Crippen molar-refractivity contribution in [2.45, 2.75) is 59.4 Å². The predicted molar refractivity (Wildman–Crippen MR) is 93.0 cm³/mol. The van der Waals surface area contributed by atoms with Crippen molar-refractivity contribution in [2.75, 3.05) is 6.61 Å². The molecule has 0 aromatic heterocycles. The maximum absolute atomic E-state index is 12.8. The largest absolute Gasteiger partial charge is 0.499 e. The second-order valence-corrected chi connectivity index (χ2v) is 7.61. The average Bonchev–Trinajstić information content (AvgIpc) is 2.83. The van der Waals surface area contributed by atoms with E-state index in [1.807, 2.05) is 33.8 Å². The van der Waals surface area contributed by atoms with Crippen molar-refractivity contribution >= 4 is 11.8 Å². The first kappa shape index (κ1) is 20.2. The van der Waals surface area contributed by atoms with Crippen molar-refractivity contribution in [3.63, 3.8) is 0 Å². The summed E-state index contributed by atoms with van der Waals surface area (Å²) in [6.07, 6.45) is -1.43. The van der Waals surface area contributed by atoms with Crippen LogP contribution in [0, 0.1) is 5.41 Å². The molecule has 7 heteroatoms. The molecule has 2 rings (SSSR count). The van der Waals surface area contributed by atoms with E-state index in [9.17, 15) is 19.8 Å². The number of hydrogen-bond acceptors (Lipinski definition) is 7. The topological polar surface area (TPSA) is 113 Å². The molecule has 7 nitrogen and oxygen atoms in total. The molecule has 0 spiro atoms. The van der Waals surface area contributed by atoms with E-state index in [1.54, 1.807) is 6.92 Å². The van der Waals surface area contributed by atoms with Gasteiger partial charge in [0.2, 0.25) is 5.76 Å². The number of rotatable bonds is 5. The molecule has 0 saturated heterocycles. The zero-order valence-corrected chi connectivity index (χ0v) is 15.7. The summed E-state index contributed by atoms with van der Waals surface area (Å²) in [5.74, 6) is -2.42. The summed E-state index contributed by atoms with van der Waals surface area (Å²) in [6.45, 7) is 8.91. The van der Waals surface area contributed by atoms with E-state index >= 15 is 0 Å². The highest BCUT2D eigenvalue weighted by atomic mass is 16.6. The zero-order chi connectivity index (χ0) is 19.8. The van der Waals surface area contributed by atoms with Gasteiger partial charge in [-0.15, -0.1) is 0 Å². The Morgan fingerprint density at radius 3 is 2.54 bits per heavy atom. The Morgan fingerprint density at radius 2 is 2.00 bits per heavy atom. The fraction of sp³-hybridized carbons (Fsp3) is 0.579. The average molecular weight is 366 g/mol. The molecule has 0 saturated carbocycles. The Morgan fingerprint density at radius 1 is 1.38 bits per heavy atom. The van der Waals surface area contributed by atoms with Crippen molar-refractivity contribution in [2.24, 2.45) is 5.41 Å². The van der Waals surface area contributed by atoms with Gasteiger partial charge in [0.25, 0.3) is 0 Å². The van der Waals surface area contributed by atoms with E-state index in [4.69, 9.17) is 14.6 Å². The van der Waals surface area contributed by atoms with Crippen LogP contribution < -0.4 is 0 Å². The van der Waals surface area contributed by atoms with Gasteiger partial charge in [0.05, 0.1) is 6.61 Å². The molecule has 1 aliphatic heterocycles. The number of aliphatic hydroxyl groups excluding tert-OH is 3. The molecule has 0 aromatic carbocycles. The maximum atomic E-state index is 12.8. The number of carbonyl (C=O) groups is 2. The molecule has 0 amide bonds. The molecule has 1 unspecified atom stereocenters. The lowest BCUT2D eigenvalue weighted by molar-refractivity contribution is -0.148. The smallest absolute Gasteiger partial charge is 0.378 e. The Hall–Kier alpha value is -2.12. The van der Waals surface area contributed by atoms with Gasteiger partial charge in [-0.05, 0) is 37.3 Å². The molecule has 2 aliphatic rings. The van der Waals surface area contributed by atoms with E-state index in [2.05, 4.69) is 0 Å². The van der Waals surface area contributed by atoms with Crippen LogP contribution in [-0.2, 0) is 19.1 Å². The van der Waals surface area contributed by atoms with Crippen LogP contribution in [0.3, 0.4) is 0 Å². The van der Waals surface area contributed by atoms with E-state index in [1.165, 1.54) is 0 Å². The Labute approximate surface area is 152 Å². The van der Waals surface area contributed by atoms with Crippen LogP contribution in [-0.4, -0.2) is 52.0 Å². The minimum absolute atomic E-state index is 0.256. The second-order valence-electron chi connectivity index (χ2n) is 7.61. The second kappa shape index (κ2) is 7.25. The number of allylic oxidation sites excluding steroid dienone is 3. The highest BCUT2D eigenvalue weighted by Gasteiger charge is 2.45.